The number of nitrogens with one attached hydrogen (secondary N) is 1. The van der Waals surface area contributed by atoms with Gasteiger partial charge in [0.2, 0.25) is 5.91 Å². The predicted molar refractivity (Wildman–Crippen MR) is 89.2 cm³/mol. The monoisotopic (exact) mass is 308 g/mol. The Balaban J connectivity index is 2.46. The average molecular weight is 308 g/mol. The molecule has 124 valence electrons. The van der Waals surface area contributed by atoms with Crippen molar-refractivity contribution < 1.29 is 14.6 Å². The summed E-state index contributed by atoms with van der Waals surface area (Å²) in [7, 11) is 0. The van der Waals surface area contributed by atoms with Crippen molar-refractivity contribution >= 4 is 11.6 Å². The summed E-state index contributed by atoms with van der Waals surface area (Å²) < 4.78 is 5.60. The third kappa shape index (κ3) is 6.45. The van der Waals surface area contributed by atoms with E-state index in [0.717, 1.165) is 5.69 Å². The Labute approximate surface area is 133 Å². The van der Waals surface area contributed by atoms with Gasteiger partial charge >= 0.3 is 0 Å². The quantitative estimate of drug-likeness (QED) is 0.774. The molecular formula is C17H28N2O3. The Bertz CT molecular complexity index is 449. The van der Waals surface area contributed by atoms with Crippen molar-refractivity contribution in [3.05, 3.63) is 24.3 Å². The smallest absolute Gasteiger partial charge is 0.221 e. The number of anilines is 1. The Hall–Kier alpha value is -1.59. The molecule has 22 heavy (non-hydrogen) atoms. The van der Waals surface area contributed by atoms with Crippen LogP contribution in [0.3, 0.4) is 0 Å². The van der Waals surface area contributed by atoms with Gasteiger partial charge in [0.15, 0.2) is 0 Å². The highest BCUT2D eigenvalue weighted by atomic mass is 16.5. The zero-order chi connectivity index (χ0) is 16.7. The van der Waals surface area contributed by atoms with E-state index in [-0.39, 0.29) is 12.5 Å². The second-order valence-electron chi connectivity index (χ2n) is 6.05. The normalized spacial score (nSPS) is 12.8. The maximum atomic E-state index is 10.9. The summed E-state index contributed by atoms with van der Waals surface area (Å²) in [6, 6.07) is 7.87. The molecule has 1 unspecified atom stereocenters. The van der Waals surface area contributed by atoms with Crippen LogP contribution >= 0.6 is 0 Å². The number of amides is 1. The van der Waals surface area contributed by atoms with Crippen LogP contribution in [0, 0.1) is 0 Å². The van der Waals surface area contributed by atoms with Crippen molar-refractivity contribution in [1.82, 2.24) is 4.90 Å². The summed E-state index contributed by atoms with van der Waals surface area (Å²) >= 11 is 0. The molecule has 2 N–H and O–H groups in total. The first-order valence-corrected chi connectivity index (χ1v) is 7.74. The zero-order valence-corrected chi connectivity index (χ0v) is 14.2. The molecule has 0 bridgehead atoms. The minimum absolute atomic E-state index is 0.105. The summed E-state index contributed by atoms with van der Waals surface area (Å²) in [6.07, 6.45) is -0.542. The van der Waals surface area contributed by atoms with Gasteiger partial charge in [0, 0.05) is 31.2 Å². The zero-order valence-electron chi connectivity index (χ0n) is 14.2. The lowest BCUT2D eigenvalue weighted by molar-refractivity contribution is -0.114. The van der Waals surface area contributed by atoms with Crippen LogP contribution in [-0.2, 0) is 4.79 Å². The molecule has 1 amide bonds. The van der Waals surface area contributed by atoms with E-state index in [1.54, 1.807) is 24.3 Å². The fraction of sp³-hybridized carbons (Fsp3) is 0.588. The van der Waals surface area contributed by atoms with Crippen LogP contribution in [0.5, 0.6) is 5.75 Å². The first-order valence-electron chi connectivity index (χ1n) is 7.74. The van der Waals surface area contributed by atoms with Crippen molar-refractivity contribution in [3.8, 4) is 5.75 Å². The molecule has 0 aliphatic carbocycles. The molecule has 0 saturated heterocycles. The number of ether oxygens (including phenoxy) is 1. The lowest BCUT2D eigenvalue weighted by atomic mass is 10.2. The molecule has 0 aromatic heterocycles. The molecule has 0 aliphatic heterocycles. The van der Waals surface area contributed by atoms with Crippen LogP contribution in [0.15, 0.2) is 24.3 Å². The van der Waals surface area contributed by atoms with Gasteiger partial charge < -0.3 is 15.2 Å². The molecule has 0 spiro atoms. The van der Waals surface area contributed by atoms with Crippen LogP contribution in [0.1, 0.15) is 34.6 Å². The number of carbonyl (C=O) groups is 1. The lowest BCUT2D eigenvalue weighted by Crippen LogP contribution is -2.43. The minimum Gasteiger partial charge on any atom is -0.491 e. The van der Waals surface area contributed by atoms with Gasteiger partial charge in [0.25, 0.3) is 0 Å². The van der Waals surface area contributed by atoms with E-state index in [2.05, 4.69) is 37.9 Å². The van der Waals surface area contributed by atoms with Gasteiger partial charge in [-0.05, 0) is 52.0 Å². The fourth-order valence-corrected chi connectivity index (χ4v) is 2.34. The predicted octanol–water partition coefficient (Wildman–Crippen LogP) is 2.50. The fourth-order valence-electron chi connectivity index (χ4n) is 2.34. The molecule has 1 aromatic carbocycles. The SMILES string of the molecule is CC(=O)Nc1ccc(OCC(O)CN(C(C)C)C(C)C)cc1. The molecule has 5 heteroatoms. The molecule has 0 saturated carbocycles. The highest BCUT2D eigenvalue weighted by molar-refractivity contribution is 5.88. The van der Waals surface area contributed by atoms with Gasteiger partial charge in [-0.2, -0.15) is 0 Å². The van der Waals surface area contributed by atoms with Crippen molar-refractivity contribution in [1.29, 1.82) is 0 Å². The molecule has 0 fully saturated rings. The number of nitrogens with zero attached hydrogens (tertiary/aromatic N) is 1. The van der Waals surface area contributed by atoms with E-state index in [1.807, 2.05) is 0 Å². The van der Waals surface area contributed by atoms with Crippen LogP contribution in [0.4, 0.5) is 5.69 Å². The highest BCUT2D eigenvalue weighted by Gasteiger charge is 2.17. The van der Waals surface area contributed by atoms with E-state index in [1.165, 1.54) is 6.92 Å². The molecular weight excluding hydrogens is 280 g/mol. The number of aliphatic hydroxyl groups is 1. The molecule has 0 radical (unpaired) electrons. The number of hydrogen-bond donors (Lipinski definition) is 2. The van der Waals surface area contributed by atoms with Gasteiger partial charge in [-0.3, -0.25) is 9.69 Å². The average Bonchev–Trinajstić information content (AvgIpc) is 2.42. The minimum atomic E-state index is -0.542. The van der Waals surface area contributed by atoms with Crippen molar-refractivity contribution in [2.24, 2.45) is 0 Å². The number of benzene rings is 1. The lowest BCUT2D eigenvalue weighted by Gasteiger charge is -2.32. The van der Waals surface area contributed by atoms with Crippen molar-refractivity contribution in [2.45, 2.75) is 52.8 Å². The van der Waals surface area contributed by atoms with Crippen LogP contribution in [-0.4, -0.2) is 47.3 Å². The number of hydrogen-bond acceptors (Lipinski definition) is 4. The van der Waals surface area contributed by atoms with E-state index in [9.17, 15) is 9.90 Å². The maximum absolute atomic E-state index is 10.9. The van der Waals surface area contributed by atoms with E-state index in [0.29, 0.717) is 24.4 Å². The third-order valence-electron chi connectivity index (χ3n) is 3.37. The molecule has 5 nitrogen and oxygen atoms in total. The van der Waals surface area contributed by atoms with Crippen molar-refractivity contribution in [2.75, 3.05) is 18.5 Å². The summed E-state index contributed by atoms with van der Waals surface area (Å²) in [6.45, 7) is 10.8. The van der Waals surface area contributed by atoms with Crippen LogP contribution in [0.25, 0.3) is 0 Å². The van der Waals surface area contributed by atoms with Gasteiger partial charge in [-0.25, -0.2) is 0 Å². The van der Waals surface area contributed by atoms with E-state index < -0.39 is 6.10 Å². The third-order valence-corrected chi connectivity index (χ3v) is 3.37. The number of carbonyl (C=O) groups excluding carboxylic acids is 1. The number of rotatable bonds is 8. The van der Waals surface area contributed by atoms with Crippen LogP contribution < -0.4 is 10.1 Å². The van der Waals surface area contributed by atoms with Gasteiger partial charge in [0.05, 0.1) is 0 Å². The van der Waals surface area contributed by atoms with E-state index in [4.69, 9.17) is 4.74 Å². The summed E-state index contributed by atoms with van der Waals surface area (Å²) in [5.74, 6) is 0.570. The largest absolute Gasteiger partial charge is 0.491 e. The molecule has 0 aliphatic rings. The Morgan fingerprint density at radius 1 is 1.18 bits per heavy atom. The summed E-state index contributed by atoms with van der Waals surface area (Å²) in [5, 5.41) is 12.8. The van der Waals surface area contributed by atoms with E-state index >= 15 is 0 Å². The standard InChI is InChI=1S/C17H28N2O3/c1-12(2)19(13(3)4)10-16(21)11-22-17-8-6-15(7-9-17)18-14(5)20/h6-9,12-13,16,21H,10-11H2,1-5H3,(H,18,20). The molecule has 1 atom stereocenters. The van der Waals surface area contributed by atoms with Gasteiger partial charge in [0.1, 0.15) is 18.5 Å². The Morgan fingerprint density at radius 3 is 2.18 bits per heavy atom. The Morgan fingerprint density at radius 2 is 1.73 bits per heavy atom. The van der Waals surface area contributed by atoms with Gasteiger partial charge in [-0.15, -0.1) is 0 Å². The highest BCUT2D eigenvalue weighted by Crippen LogP contribution is 2.16. The summed E-state index contributed by atoms with van der Waals surface area (Å²) in [5.41, 5.74) is 0.728. The topological polar surface area (TPSA) is 61.8 Å². The maximum Gasteiger partial charge on any atom is 0.221 e. The second-order valence-corrected chi connectivity index (χ2v) is 6.05. The summed E-state index contributed by atoms with van der Waals surface area (Å²) in [4.78, 5) is 13.2. The first kappa shape index (κ1) is 18.5. The molecule has 0 heterocycles. The molecule has 1 rings (SSSR count). The first-order chi connectivity index (χ1) is 10.3. The van der Waals surface area contributed by atoms with Crippen molar-refractivity contribution in [3.63, 3.8) is 0 Å². The Kier molecular flexibility index (Phi) is 7.35. The number of aliphatic hydroxyl groups excluding tert-OH is 1. The second kappa shape index (κ2) is 8.76. The van der Waals surface area contributed by atoms with Gasteiger partial charge in [-0.1, -0.05) is 0 Å². The molecule has 1 aromatic rings. The van der Waals surface area contributed by atoms with Crippen LogP contribution in [0.2, 0.25) is 0 Å².